The highest BCUT2D eigenvalue weighted by Gasteiger charge is 2.28. The second kappa shape index (κ2) is 8.07. The molecule has 1 aromatic carbocycles. The molecular formula is C17H25FN2O3S. The molecule has 134 valence electrons. The Kier molecular flexibility index (Phi) is 6.34. The van der Waals surface area contributed by atoms with Crippen molar-refractivity contribution in [3.63, 3.8) is 0 Å². The summed E-state index contributed by atoms with van der Waals surface area (Å²) in [5.41, 5.74) is 0.925. The monoisotopic (exact) mass is 356 g/mol. The smallest absolute Gasteiger partial charge is 0.223 e. The van der Waals surface area contributed by atoms with Gasteiger partial charge in [-0.2, -0.15) is 4.31 Å². The molecule has 1 heterocycles. The number of halogens is 1. The molecule has 1 atom stereocenters. The van der Waals surface area contributed by atoms with Crippen LogP contribution in [0.4, 0.5) is 4.39 Å². The first kappa shape index (κ1) is 18.9. The van der Waals surface area contributed by atoms with Crippen molar-refractivity contribution < 1.29 is 17.6 Å². The summed E-state index contributed by atoms with van der Waals surface area (Å²) in [5, 5.41) is 0. The van der Waals surface area contributed by atoms with E-state index in [0.717, 1.165) is 5.56 Å². The van der Waals surface area contributed by atoms with E-state index in [4.69, 9.17) is 0 Å². The first-order valence-corrected chi connectivity index (χ1v) is 9.95. The lowest BCUT2D eigenvalue weighted by Crippen LogP contribution is -2.51. The predicted octanol–water partition coefficient (Wildman–Crippen LogP) is 2.20. The van der Waals surface area contributed by atoms with Gasteiger partial charge in [-0.25, -0.2) is 12.8 Å². The van der Waals surface area contributed by atoms with Crippen molar-refractivity contribution in [2.24, 2.45) is 0 Å². The average Bonchev–Trinajstić information content (AvgIpc) is 2.55. The van der Waals surface area contributed by atoms with Crippen LogP contribution in [0.2, 0.25) is 0 Å². The minimum Gasteiger partial charge on any atom is -0.340 e. The molecule has 24 heavy (non-hydrogen) atoms. The van der Waals surface area contributed by atoms with Gasteiger partial charge in [-0.05, 0) is 30.0 Å². The first-order valence-electron chi connectivity index (χ1n) is 8.34. The first-order chi connectivity index (χ1) is 11.3. The maximum absolute atomic E-state index is 13.0. The molecule has 1 aromatic rings. The van der Waals surface area contributed by atoms with Crippen molar-refractivity contribution in [2.75, 3.05) is 31.9 Å². The van der Waals surface area contributed by atoms with Crippen LogP contribution in [0.5, 0.6) is 0 Å². The van der Waals surface area contributed by atoms with E-state index in [0.29, 0.717) is 39.0 Å². The van der Waals surface area contributed by atoms with Gasteiger partial charge in [0, 0.05) is 32.6 Å². The van der Waals surface area contributed by atoms with Crippen LogP contribution in [0.1, 0.15) is 38.2 Å². The number of carbonyl (C=O) groups is 1. The van der Waals surface area contributed by atoms with Crippen molar-refractivity contribution in [1.29, 1.82) is 0 Å². The zero-order valence-corrected chi connectivity index (χ0v) is 15.1. The number of benzene rings is 1. The Labute approximate surface area is 143 Å². The Bertz CT molecular complexity index is 653. The van der Waals surface area contributed by atoms with Gasteiger partial charge in [-0.3, -0.25) is 4.79 Å². The standard InChI is InChI=1S/C17H25FN2O3S/c1-3-12-24(22,23)20-10-8-19(9-11-20)17(21)13-14(2)15-4-6-16(18)7-5-15/h4-7,14H,3,8-13H2,1-2H3. The summed E-state index contributed by atoms with van der Waals surface area (Å²) in [4.78, 5) is 14.1. The Morgan fingerprint density at radius 2 is 1.75 bits per heavy atom. The molecule has 0 saturated carbocycles. The highest BCUT2D eigenvalue weighted by Crippen LogP contribution is 2.21. The normalized spacial score (nSPS) is 17.7. The third-order valence-corrected chi connectivity index (χ3v) is 6.44. The molecule has 0 N–H and O–H groups in total. The zero-order chi connectivity index (χ0) is 17.7. The maximum Gasteiger partial charge on any atom is 0.223 e. The second-order valence-electron chi connectivity index (χ2n) is 6.25. The van der Waals surface area contributed by atoms with Gasteiger partial charge in [-0.1, -0.05) is 26.0 Å². The van der Waals surface area contributed by atoms with Crippen molar-refractivity contribution >= 4 is 15.9 Å². The van der Waals surface area contributed by atoms with E-state index >= 15 is 0 Å². The summed E-state index contributed by atoms with van der Waals surface area (Å²) in [6.45, 7) is 5.36. The fourth-order valence-corrected chi connectivity index (χ4v) is 4.40. The minimum absolute atomic E-state index is 0.0000429. The summed E-state index contributed by atoms with van der Waals surface area (Å²) in [5.74, 6) is -0.122. The molecule has 0 aromatic heterocycles. The van der Waals surface area contributed by atoms with Crippen molar-refractivity contribution in [2.45, 2.75) is 32.6 Å². The van der Waals surface area contributed by atoms with Gasteiger partial charge < -0.3 is 4.90 Å². The largest absolute Gasteiger partial charge is 0.340 e. The summed E-state index contributed by atoms with van der Waals surface area (Å²) >= 11 is 0. The fraction of sp³-hybridized carbons (Fsp3) is 0.588. The molecule has 0 spiro atoms. The molecule has 0 radical (unpaired) electrons. The van der Waals surface area contributed by atoms with Crippen LogP contribution in [0.3, 0.4) is 0 Å². The van der Waals surface area contributed by atoms with E-state index < -0.39 is 10.0 Å². The molecule has 1 aliphatic rings. The van der Waals surface area contributed by atoms with Crippen LogP contribution < -0.4 is 0 Å². The molecule has 2 rings (SSSR count). The molecule has 1 aliphatic heterocycles. The van der Waals surface area contributed by atoms with E-state index in [9.17, 15) is 17.6 Å². The van der Waals surface area contributed by atoms with E-state index in [2.05, 4.69) is 0 Å². The number of hydrogen-bond donors (Lipinski definition) is 0. The molecule has 1 saturated heterocycles. The Morgan fingerprint density at radius 1 is 1.17 bits per heavy atom. The third kappa shape index (κ3) is 4.77. The molecule has 1 amide bonds. The lowest BCUT2D eigenvalue weighted by atomic mass is 9.97. The van der Waals surface area contributed by atoms with E-state index in [1.807, 2.05) is 13.8 Å². The van der Waals surface area contributed by atoms with Gasteiger partial charge in [0.25, 0.3) is 0 Å². The van der Waals surface area contributed by atoms with Gasteiger partial charge >= 0.3 is 0 Å². The predicted molar refractivity (Wildman–Crippen MR) is 91.7 cm³/mol. The number of rotatable bonds is 6. The number of sulfonamides is 1. The van der Waals surface area contributed by atoms with Gasteiger partial charge in [0.2, 0.25) is 15.9 Å². The molecule has 7 heteroatoms. The summed E-state index contributed by atoms with van der Waals surface area (Å²) in [6.07, 6.45) is 0.935. The van der Waals surface area contributed by atoms with Crippen molar-refractivity contribution in [3.8, 4) is 0 Å². The highest BCUT2D eigenvalue weighted by molar-refractivity contribution is 7.89. The van der Waals surface area contributed by atoms with Gasteiger partial charge in [-0.15, -0.1) is 0 Å². The minimum atomic E-state index is -3.19. The maximum atomic E-state index is 13.0. The second-order valence-corrected chi connectivity index (χ2v) is 8.34. The topological polar surface area (TPSA) is 57.7 Å². The third-order valence-electron chi connectivity index (χ3n) is 4.37. The van der Waals surface area contributed by atoms with Crippen LogP contribution in [-0.2, 0) is 14.8 Å². The molecule has 5 nitrogen and oxygen atoms in total. The molecule has 1 fully saturated rings. The Morgan fingerprint density at radius 3 is 2.29 bits per heavy atom. The van der Waals surface area contributed by atoms with E-state index in [-0.39, 0.29) is 23.4 Å². The number of carbonyl (C=O) groups excluding carboxylic acids is 1. The summed E-state index contributed by atoms with van der Waals surface area (Å²) in [6, 6.07) is 6.19. The van der Waals surface area contributed by atoms with E-state index in [1.54, 1.807) is 17.0 Å². The molecule has 1 unspecified atom stereocenters. The Hall–Kier alpha value is -1.47. The molecule has 0 aliphatic carbocycles. The lowest BCUT2D eigenvalue weighted by Gasteiger charge is -2.34. The van der Waals surface area contributed by atoms with Gasteiger partial charge in [0.05, 0.1) is 5.75 Å². The SMILES string of the molecule is CCCS(=O)(=O)N1CCN(C(=O)CC(C)c2ccc(F)cc2)CC1. The lowest BCUT2D eigenvalue weighted by molar-refractivity contribution is -0.132. The fourth-order valence-electron chi connectivity index (χ4n) is 2.90. The summed E-state index contributed by atoms with van der Waals surface area (Å²) < 4.78 is 38.5. The van der Waals surface area contributed by atoms with Crippen LogP contribution in [-0.4, -0.2) is 55.5 Å². The summed E-state index contributed by atoms with van der Waals surface area (Å²) in [7, 11) is -3.19. The van der Waals surface area contributed by atoms with Crippen LogP contribution in [0.15, 0.2) is 24.3 Å². The van der Waals surface area contributed by atoms with E-state index in [1.165, 1.54) is 16.4 Å². The number of hydrogen-bond acceptors (Lipinski definition) is 3. The van der Waals surface area contributed by atoms with Crippen LogP contribution in [0, 0.1) is 5.82 Å². The zero-order valence-electron chi connectivity index (χ0n) is 14.2. The van der Waals surface area contributed by atoms with Crippen molar-refractivity contribution in [1.82, 2.24) is 9.21 Å². The quantitative estimate of drug-likeness (QED) is 0.785. The molecule has 0 bridgehead atoms. The van der Waals surface area contributed by atoms with Crippen LogP contribution >= 0.6 is 0 Å². The van der Waals surface area contributed by atoms with Gasteiger partial charge in [0.1, 0.15) is 5.82 Å². The number of nitrogens with zero attached hydrogens (tertiary/aromatic N) is 2. The van der Waals surface area contributed by atoms with Gasteiger partial charge in [0.15, 0.2) is 0 Å². The number of piperazine rings is 1. The highest BCUT2D eigenvalue weighted by atomic mass is 32.2. The van der Waals surface area contributed by atoms with Crippen LogP contribution in [0.25, 0.3) is 0 Å². The average molecular weight is 356 g/mol. The van der Waals surface area contributed by atoms with Crippen molar-refractivity contribution in [3.05, 3.63) is 35.6 Å². The number of amides is 1. The molecular weight excluding hydrogens is 331 g/mol. The Balaban J connectivity index is 1.87.